The lowest BCUT2D eigenvalue weighted by molar-refractivity contribution is -0.0417. The Labute approximate surface area is 101 Å². The molecule has 1 heterocycles. The summed E-state index contributed by atoms with van der Waals surface area (Å²) in [7, 11) is 2.19. The molecule has 0 aromatic heterocycles. The quantitative estimate of drug-likeness (QED) is 0.720. The predicted molar refractivity (Wildman–Crippen MR) is 68.8 cm³/mol. The summed E-state index contributed by atoms with van der Waals surface area (Å²) in [6, 6.07) is 0. The highest BCUT2D eigenvalue weighted by Gasteiger charge is 2.20. The molecule has 0 bridgehead atoms. The third-order valence-electron chi connectivity index (χ3n) is 3.28. The summed E-state index contributed by atoms with van der Waals surface area (Å²) in [5.41, 5.74) is 0. The largest absolute Gasteiger partial charge is 0.374 e. The van der Waals surface area contributed by atoms with Gasteiger partial charge in [0.1, 0.15) is 0 Å². The van der Waals surface area contributed by atoms with Crippen LogP contribution >= 0.6 is 0 Å². The van der Waals surface area contributed by atoms with Gasteiger partial charge in [0.15, 0.2) is 0 Å². The fourth-order valence-electron chi connectivity index (χ4n) is 2.24. The van der Waals surface area contributed by atoms with E-state index in [2.05, 4.69) is 31.1 Å². The number of nitrogens with one attached hydrogen (secondary N) is 1. The SMILES string of the molecule is CCCC(CNCC)OC1CCN(C)CC1. The second-order valence-corrected chi connectivity index (χ2v) is 4.86. The average molecular weight is 228 g/mol. The van der Waals surface area contributed by atoms with Crippen LogP contribution in [-0.2, 0) is 4.74 Å². The van der Waals surface area contributed by atoms with Crippen molar-refractivity contribution in [2.45, 2.75) is 51.7 Å². The predicted octanol–water partition coefficient (Wildman–Crippen LogP) is 1.88. The molecule has 0 aromatic rings. The molecule has 96 valence electrons. The lowest BCUT2D eigenvalue weighted by Crippen LogP contribution is -2.38. The van der Waals surface area contributed by atoms with E-state index in [-0.39, 0.29) is 0 Å². The molecule has 3 heteroatoms. The molecule has 0 spiro atoms. The van der Waals surface area contributed by atoms with Crippen LogP contribution in [0, 0.1) is 0 Å². The fraction of sp³-hybridized carbons (Fsp3) is 1.00. The van der Waals surface area contributed by atoms with Crippen LogP contribution in [-0.4, -0.2) is 50.3 Å². The van der Waals surface area contributed by atoms with Gasteiger partial charge < -0.3 is 15.0 Å². The molecule has 0 amide bonds. The first-order valence-electron chi connectivity index (χ1n) is 6.81. The number of piperidine rings is 1. The summed E-state index contributed by atoms with van der Waals surface area (Å²) < 4.78 is 6.19. The molecule has 16 heavy (non-hydrogen) atoms. The summed E-state index contributed by atoms with van der Waals surface area (Å²) in [6.45, 7) is 8.80. The minimum atomic E-state index is 0.415. The standard InChI is InChI=1S/C13H28N2O/c1-4-6-13(11-14-5-2)16-12-7-9-15(3)10-8-12/h12-14H,4-11H2,1-3H3. The van der Waals surface area contributed by atoms with Gasteiger partial charge >= 0.3 is 0 Å². The molecule has 0 aliphatic carbocycles. The average Bonchev–Trinajstić information content (AvgIpc) is 2.29. The third kappa shape index (κ3) is 5.28. The van der Waals surface area contributed by atoms with Gasteiger partial charge in [-0.1, -0.05) is 20.3 Å². The lowest BCUT2D eigenvalue weighted by atomic mass is 10.1. The van der Waals surface area contributed by atoms with Gasteiger partial charge in [0.05, 0.1) is 12.2 Å². The van der Waals surface area contributed by atoms with Crippen molar-refractivity contribution in [3.63, 3.8) is 0 Å². The van der Waals surface area contributed by atoms with E-state index in [0.717, 1.165) is 13.1 Å². The summed E-state index contributed by atoms with van der Waals surface area (Å²) in [4.78, 5) is 2.39. The number of nitrogens with zero attached hydrogens (tertiary/aromatic N) is 1. The normalized spacial score (nSPS) is 21.2. The van der Waals surface area contributed by atoms with Crippen LogP contribution in [0.15, 0.2) is 0 Å². The van der Waals surface area contributed by atoms with Crippen molar-refractivity contribution < 1.29 is 4.74 Å². The molecular weight excluding hydrogens is 200 g/mol. The lowest BCUT2D eigenvalue weighted by Gasteiger charge is -2.32. The monoisotopic (exact) mass is 228 g/mol. The first kappa shape index (κ1) is 13.9. The Morgan fingerprint density at radius 3 is 2.56 bits per heavy atom. The molecule has 1 unspecified atom stereocenters. The van der Waals surface area contributed by atoms with Crippen LogP contribution in [0.5, 0.6) is 0 Å². The van der Waals surface area contributed by atoms with Crippen LogP contribution in [0.25, 0.3) is 0 Å². The number of hydrogen-bond donors (Lipinski definition) is 1. The second kappa shape index (κ2) is 8.04. The first-order chi connectivity index (χ1) is 7.76. The number of likely N-dealkylation sites (tertiary alicyclic amines) is 1. The van der Waals surface area contributed by atoms with E-state index in [1.807, 2.05) is 0 Å². The van der Waals surface area contributed by atoms with E-state index >= 15 is 0 Å². The zero-order valence-electron chi connectivity index (χ0n) is 11.2. The van der Waals surface area contributed by atoms with Crippen LogP contribution in [0.4, 0.5) is 0 Å². The van der Waals surface area contributed by atoms with E-state index < -0.39 is 0 Å². The molecular formula is C13H28N2O. The Bertz CT molecular complexity index is 167. The molecule has 1 N–H and O–H groups in total. The van der Waals surface area contributed by atoms with Crippen LogP contribution in [0.1, 0.15) is 39.5 Å². The molecule has 1 saturated heterocycles. The molecule has 0 saturated carbocycles. The van der Waals surface area contributed by atoms with Gasteiger partial charge in [-0.15, -0.1) is 0 Å². The van der Waals surface area contributed by atoms with Gasteiger partial charge in [0, 0.05) is 19.6 Å². The van der Waals surface area contributed by atoms with Gasteiger partial charge in [-0.25, -0.2) is 0 Å². The molecule has 3 nitrogen and oxygen atoms in total. The summed E-state index contributed by atoms with van der Waals surface area (Å²) in [5.74, 6) is 0. The Hall–Kier alpha value is -0.120. The highest BCUT2D eigenvalue weighted by Crippen LogP contribution is 2.15. The molecule has 0 radical (unpaired) electrons. The van der Waals surface area contributed by atoms with Crippen LogP contribution < -0.4 is 5.32 Å². The van der Waals surface area contributed by atoms with Crippen LogP contribution in [0.2, 0.25) is 0 Å². The van der Waals surface area contributed by atoms with E-state index in [4.69, 9.17) is 4.74 Å². The molecule has 1 atom stereocenters. The van der Waals surface area contributed by atoms with Crippen molar-refractivity contribution >= 4 is 0 Å². The van der Waals surface area contributed by atoms with Crippen molar-refractivity contribution in [2.24, 2.45) is 0 Å². The van der Waals surface area contributed by atoms with Gasteiger partial charge in [0.25, 0.3) is 0 Å². The van der Waals surface area contributed by atoms with Gasteiger partial charge in [0.2, 0.25) is 0 Å². The van der Waals surface area contributed by atoms with Gasteiger partial charge in [-0.05, 0) is 32.9 Å². The van der Waals surface area contributed by atoms with Gasteiger partial charge in [-0.2, -0.15) is 0 Å². The zero-order valence-corrected chi connectivity index (χ0v) is 11.2. The fourth-order valence-corrected chi connectivity index (χ4v) is 2.24. The Morgan fingerprint density at radius 2 is 2.00 bits per heavy atom. The minimum absolute atomic E-state index is 0.415. The number of rotatable bonds is 7. The Kier molecular flexibility index (Phi) is 7.01. The summed E-state index contributed by atoms with van der Waals surface area (Å²) in [6.07, 6.45) is 5.69. The highest BCUT2D eigenvalue weighted by atomic mass is 16.5. The summed E-state index contributed by atoms with van der Waals surface area (Å²) >= 11 is 0. The molecule has 0 aromatic carbocycles. The van der Waals surface area contributed by atoms with E-state index in [9.17, 15) is 0 Å². The second-order valence-electron chi connectivity index (χ2n) is 4.86. The first-order valence-corrected chi connectivity index (χ1v) is 6.81. The van der Waals surface area contributed by atoms with Crippen molar-refractivity contribution in [2.75, 3.05) is 33.2 Å². The van der Waals surface area contributed by atoms with Crippen molar-refractivity contribution in [1.29, 1.82) is 0 Å². The maximum atomic E-state index is 6.19. The van der Waals surface area contributed by atoms with E-state index in [1.165, 1.54) is 38.8 Å². The summed E-state index contributed by atoms with van der Waals surface area (Å²) in [5, 5.41) is 3.40. The molecule has 1 aliphatic rings. The van der Waals surface area contributed by atoms with Crippen molar-refractivity contribution in [3.8, 4) is 0 Å². The smallest absolute Gasteiger partial charge is 0.0703 e. The Morgan fingerprint density at radius 1 is 1.31 bits per heavy atom. The molecule has 1 fully saturated rings. The van der Waals surface area contributed by atoms with E-state index in [0.29, 0.717) is 12.2 Å². The minimum Gasteiger partial charge on any atom is -0.374 e. The van der Waals surface area contributed by atoms with Crippen molar-refractivity contribution in [3.05, 3.63) is 0 Å². The third-order valence-corrected chi connectivity index (χ3v) is 3.28. The Balaban J connectivity index is 2.24. The van der Waals surface area contributed by atoms with E-state index in [1.54, 1.807) is 0 Å². The molecule has 1 rings (SSSR count). The maximum absolute atomic E-state index is 6.19. The number of hydrogen-bond acceptors (Lipinski definition) is 3. The zero-order chi connectivity index (χ0) is 11.8. The highest BCUT2D eigenvalue weighted by molar-refractivity contribution is 4.72. The van der Waals surface area contributed by atoms with Crippen LogP contribution in [0.3, 0.4) is 0 Å². The molecule has 1 aliphatic heterocycles. The number of likely N-dealkylation sites (N-methyl/N-ethyl adjacent to an activating group) is 1. The maximum Gasteiger partial charge on any atom is 0.0703 e. The van der Waals surface area contributed by atoms with Crippen molar-refractivity contribution in [1.82, 2.24) is 10.2 Å². The number of ether oxygens (including phenoxy) is 1. The van der Waals surface area contributed by atoms with Gasteiger partial charge in [-0.3, -0.25) is 0 Å². The topological polar surface area (TPSA) is 24.5 Å².